The summed E-state index contributed by atoms with van der Waals surface area (Å²) >= 11 is 0. The van der Waals surface area contributed by atoms with Gasteiger partial charge in [0.15, 0.2) is 0 Å². The first-order valence-corrected chi connectivity index (χ1v) is 3.63. The fourth-order valence-corrected chi connectivity index (χ4v) is 0.557. The number of hydrogen-bond acceptors (Lipinski definition) is 4. The number of rotatable bonds is 6. The molecule has 0 bridgehead atoms. The Hall–Kier alpha value is -1.63. The third-order valence-corrected chi connectivity index (χ3v) is 1.52. The Kier molecular flexibility index (Phi) is 4.03. The molecule has 0 radical (unpaired) electrons. The molecule has 0 saturated carbocycles. The minimum absolute atomic E-state index is 0.448. The van der Waals surface area contributed by atoms with Crippen LogP contribution in [0.15, 0.2) is 0 Å². The van der Waals surface area contributed by atoms with Gasteiger partial charge in [-0.3, -0.25) is 4.79 Å². The minimum Gasteiger partial charge on any atom is -0.481 e. The Balaban J connectivity index is 4.32. The summed E-state index contributed by atoms with van der Waals surface area (Å²) in [6.45, 7) is 0.379. The lowest BCUT2D eigenvalue weighted by atomic mass is 10.1. The second kappa shape index (κ2) is 4.56. The molecule has 0 fully saturated rings. The Bertz CT molecular complexity index is 243. The van der Waals surface area contributed by atoms with Crippen LogP contribution in [0.2, 0.25) is 0 Å². The fourth-order valence-electron chi connectivity index (χ4n) is 0.557. The first kappa shape index (κ1) is 12.4. The predicted molar refractivity (Wildman–Crippen MR) is 41.9 cm³/mol. The Morgan fingerprint density at radius 2 is 1.57 bits per heavy atom. The van der Waals surface area contributed by atoms with Crippen molar-refractivity contribution < 1.29 is 34.4 Å². The molecule has 0 saturated heterocycles. The summed E-state index contributed by atoms with van der Waals surface area (Å²) in [5.74, 6) is -4.53. The van der Waals surface area contributed by atoms with E-state index >= 15 is 0 Å². The number of carboxylic acid groups (broad SMARTS) is 3. The van der Waals surface area contributed by atoms with Gasteiger partial charge in [0.1, 0.15) is 0 Å². The van der Waals surface area contributed by atoms with Crippen molar-refractivity contribution in [3.05, 3.63) is 0 Å². The van der Waals surface area contributed by atoms with Gasteiger partial charge in [-0.1, -0.05) is 0 Å². The van der Waals surface area contributed by atoms with E-state index in [0.717, 1.165) is 6.92 Å². The normalized spacial score (nSPS) is 10.9. The molecule has 3 N–H and O–H groups in total. The summed E-state index contributed by atoms with van der Waals surface area (Å²) in [5.41, 5.74) is -2.39. The van der Waals surface area contributed by atoms with Crippen molar-refractivity contribution in [3.63, 3.8) is 0 Å². The van der Waals surface area contributed by atoms with Crippen LogP contribution in [0, 0.1) is 0 Å². The van der Waals surface area contributed by atoms with Crippen LogP contribution in [0.25, 0.3) is 0 Å². The molecule has 0 heterocycles. The topological polar surface area (TPSA) is 121 Å². The summed E-state index contributed by atoms with van der Waals surface area (Å²) in [4.78, 5) is 31.0. The molecule has 0 aromatic heterocycles. The van der Waals surface area contributed by atoms with Crippen LogP contribution in [0.3, 0.4) is 0 Å². The van der Waals surface area contributed by atoms with Crippen molar-refractivity contribution in [1.82, 2.24) is 0 Å². The molecule has 0 rings (SSSR count). The van der Waals surface area contributed by atoms with Crippen LogP contribution >= 0.6 is 0 Å². The van der Waals surface area contributed by atoms with Gasteiger partial charge in [-0.15, -0.1) is 0 Å². The van der Waals surface area contributed by atoms with Crippen LogP contribution in [0.4, 0.5) is 0 Å². The SMILES string of the molecule is CC(OCCC(=O)O)(C(=O)O)C(=O)O. The second-order valence-corrected chi connectivity index (χ2v) is 2.64. The van der Waals surface area contributed by atoms with Crippen molar-refractivity contribution in [1.29, 1.82) is 0 Å². The van der Waals surface area contributed by atoms with E-state index in [-0.39, 0.29) is 0 Å². The van der Waals surface area contributed by atoms with Gasteiger partial charge in [-0.2, -0.15) is 0 Å². The monoisotopic (exact) mass is 206 g/mol. The van der Waals surface area contributed by atoms with Gasteiger partial charge in [-0.25, -0.2) is 9.59 Å². The highest BCUT2D eigenvalue weighted by Gasteiger charge is 2.43. The van der Waals surface area contributed by atoms with Crippen LogP contribution in [-0.2, 0) is 19.1 Å². The highest BCUT2D eigenvalue weighted by molar-refractivity contribution is 6.01. The lowest BCUT2D eigenvalue weighted by Crippen LogP contribution is -2.46. The number of ether oxygens (including phenoxy) is 1. The summed E-state index contributed by atoms with van der Waals surface area (Å²) in [7, 11) is 0. The molecule has 0 spiro atoms. The zero-order valence-electron chi connectivity index (χ0n) is 7.39. The van der Waals surface area contributed by atoms with E-state index < -0.39 is 36.5 Å². The third-order valence-electron chi connectivity index (χ3n) is 1.52. The number of carboxylic acids is 3. The molecule has 0 aliphatic carbocycles. The first-order chi connectivity index (χ1) is 6.30. The van der Waals surface area contributed by atoms with E-state index in [9.17, 15) is 14.4 Å². The summed E-state index contributed by atoms with van der Waals surface area (Å²) in [5, 5.41) is 25.2. The molecule has 0 aliphatic rings. The quantitative estimate of drug-likeness (QED) is 0.496. The zero-order valence-corrected chi connectivity index (χ0v) is 7.39. The van der Waals surface area contributed by atoms with Crippen molar-refractivity contribution in [2.24, 2.45) is 0 Å². The molecular weight excluding hydrogens is 196 g/mol. The second-order valence-electron chi connectivity index (χ2n) is 2.64. The number of carbonyl (C=O) groups is 3. The van der Waals surface area contributed by atoms with Crippen LogP contribution < -0.4 is 0 Å². The van der Waals surface area contributed by atoms with Gasteiger partial charge in [0, 0.05) is 0 Å². The molecule has 14 heavy (non-hydrogen) atoms. The molecule has 80 valence electrons. The molecule has 0 atom stereocenters. The van der Waals surface area contributed by atoms with E-state index in [2.05, 4.69) is 4.74 Å². The first-order valence-electron chi connectivity index (χ1n) is 3.63. The van der Waals surface area contributed by atoms with E-state index in [0.29, 0.717) is 0 Å². The third kappa shape index (κ3) is 3.02. The molecule has 7 nitrogen and oxygen atoms in total. The summed E-state index contributed by atoms with van der Waals surface area (Å²) < 4.78 is 4.48. The molecule has 0 aliphatic heterocycles. The Morgan fingerprint density at radius 1 is 1.14 bits per heavy atom. The lowest BCUT2D eigenvalue weighted by Gasteiger charge is -2.19. The molecule has 0 aromatic carbocycles. The van der Waals surface area contributed by atoms with Gasteiger partial charge in [0.05, 0.1) is 13.0 Å². The zero-order chi connectivity index (χ0) is 11.4. The van der Waals surface area contributed by atoms with E-state index in [4.69, 9.17) is 15.3 Å². The fraction of sp³-hybridized carbons (Fsp3) is 0.571. The minimum atomic E-state index is -2.39. The van der Waals surface area contributed by atoms with Gasteiger partial charge >= 0.3 is 17.9 Å². The van der Waals surface area contributed by atoms with Crippen molar-refractivity contribution in [2.75, 3.05) is 6.61 Å². The van der Waals surface area contributed by atoms with Crippen LogP contribution in [-0.4, -0.2) is 45.4 Å². The molecule has 0 aromatic rings. The smallest absolute Gasteiger partial charge is 0.347 e. The van der Waals surface area contributed by atoms with Crippen LogP contribution in [0.1, 0.15) is 13.3 Å². The van der Waals surface area contributed by atoms with Gasteiger partial charge in [0.25, 0.3) is 5.60 Å². The maximum atomic E-state index is 10.5. The lowest BCUT2D eigenvalue weighted by molar-refractivity contribution is -0.182. The van der Waals surface area contributed by atoms with Crippen molar-refractivity contribution in [3.8, 4) is 0 Å². The Labute approximate surface area is 78.9 Å². The van der Waals surface area contributed by atoms with E-state index in [1.165, 1.54) is 0 Å². The number of aliphatic carboxylic acids is 3. The molecular formula is C7H10O7. The summed E-state index contributed by atoms with van der Waals surface area (Å²) in [6, 6.07) is 0. The van der Waals surface area contributed by atoms with Crippen LogP contribution in [0.5, 0.6) is 0 Å². The average Bonchev–Trinajstić information content (AvgIpc) is 2.02. The van der Waals surface area contributed by atoms with Gasteiger partial charge in [-0.05, 0) is 6.92 Å². The van der Waals surface area contributed by atoms with Gasteiger partial charge in [0.2, 0.25) is 0 Å². The Morgan fingerprint density at radius 3 is 1.86 bits per heavy atom. The predicted octanol–water partition coefficient (Wildman–Crippen LogP) is -0.594. The van der Waals surface area contributed by atoms with E-state index in [1.54, 1.807) is 0 Å². The van der Waals surface area contributed by atoms with Crippen molar-refractivity contribution in [2.45, 2.75) is 18.9 Å². The van der Waals surface area contributed by atoms with E-state index in [1.807, 2.05) is 0 Å². The van der Waals surface area contributed by atoms with Gasteiger partial charge < -0.3 is 20.1 Å². The molecule has 0 amide bonds. The highest BCUT2D eigenvalue weighted by Crippen LogP contribution is 2.11. The largest absolute Gasteiger partial charge is 0.481 e. The van der Waals surface area contributed by atoms with Crippen molar-refractivity contribution >= 4 is 17.9 Å². The highest BCUT2D eigenvalue weighted by atomic mass is 16.6. The molecule has 0 unspecified atom stereocenters. The summed E-state index contributed by atoms with van der Waals surface area (Å²) in [6.07, 6.45) is -0.448. The maximum Gasteiger partial charge on any atom is 0.347 e. The maximum absolute atomic E-state index is 10.5. The standard InChI is InChI=1S/C7H10O7/c1-7(5(10)11,6(12)13)14-3-2-4(8)9/h2-3H2,1H3,(H,8,9)(H,10,11)(H,12,13). The number of hydrogen-bond donors (Lipinski definition) is 3. The molecule has 7 heteroatoms. The average molecular weight is 206 g/mol.